The Bertz CT molecular complexity index is 809. The van der Waals surface area contributed by atoms with Crippen molar-refractivity contribution in [3.63, 3.8) is 0 Å². The van der Waals surface area contributed by atoms with Gasteiger partial charge in [0.1, 0.15) is 5.82 Å². The second kappa shape index (κ2) is 10.4. The third kappa shape index (κ3) is 6.61. The molecule has 0 aliphatic rings. The maximum atomic E-state index is 12.5. The van der Waals surface area contributed by atoms with Gasteiger partial charge in [0.15, 0.2) is 0 Å². The Balaban J connectivity index is 0.00000338. The van der Waals surface area contributed by atoms with E-state index in [1.165, 1.54) is 0 Å². The van der Waals surface area contributed by atoms with Crippen LogP contribution in [-0.4, -0.2) is 45.9 Å². The summed E-state index contributed by atoms with van der Waals surface area (Å²) in [4.78, 5) is 37.7. The first kappa shape index (κ1) is 25.0. The van der Waals surface area contributed by atoms with Crippen molar-refractivity contribution in [2.75, 3.05) is 20.1 Å². The highest BCUT2D eigenvalue weighted by molar-refractivity contribution is 5.85. The van der Waals surface area contributed by atoms with Crippen LogP contribution in [0, 0.1) is 12.3 Å². The molecular weight excluding hydrogens is 389 g/mol. The number of halogens is 2. The molecule has 0 unspecified atom stereocenters. The summed E-state index contributed by atoms with van der Waals surface area (Å²) in [6.07, 6.45) is 3.30. The van der Waals surface area contributed by atoms with Crippen LogP contribution in [-0.2, 0) is 11.2 Å². The summed E-state index contributed by atoms with van der Waals surface area (Å²) in [6.45, 7) is 6.74. The zero-order valence-electron chi connectivity index (χ0n) is 16.0. The molecule has 0 saturated heterocycles. The molecule has 7 nitrogen and oxygen atoms in total. The van der Waals surface area contributed by atoms with E-state index >= 15 is 0 Å². The number of H-pyrrole nitrogens is 1. The Morgan fingerprint density at radius 2 is 2.00 bits per heavy atom. The predicted molar refractivity (Wildman–Crippen MR) is 111 cm³/mol. The molecule has 0 fully saturated rings. The molecule has 0 aliphatic carbocycles. The molecule has 9 heteroatoms. The molecule has 2 aromatic heterocycles. The van der Waals surface area contributed by atoms with Crippen molar-refractivity contribution in [2.24, 2.45) is 11.1 Å². The SMILES string of the molecule is Cc1nc(-c2cccnc2)[nH]c(=O)c1CC(=O)N(C)CC(C)(C)CN.Cl.Cl. The average Bonchev–Trinajstić information content (AvgIpc) is 2.58. The van der Waals surface area contributed by atoms with Gasteiger partial charge in [-0.2, -0.15) is 0 Å². The fourth-order valence-electron chi connectivity index (χ4n) is 2.54. The van der Waals surface area contributed by atoms with E-state index in [1.54, 1.807) is 37.3 Å². The fraction of sp³-hybridized carbons (Fsp3) is 0.444. The number of hydrogen-bond acceptors (Lipinski definition) is 5. The van der Waals surface area contributed by atoms with Crippen LogP contribution in [0.25, 0.3) is 11.4 Å². The number of nitrogens with one attached hydrogen (secondary N) is 1. The molecule has 0 bridgehead atoms. The molecule has 2 rings (SSSR count). The normalized spacial score (nSPS) is 10.6. The third-order valence-corrected chi connectivity index (χ3v) is 4.13. The number of rotatable bonds is 6. The quantitative estimate of drug-likeness (QED) is 0.749. The highest BCUT2D eigenvalue weighted by Crippen LogP contribution is 2.16. The maximum Gasteiger partial charge on any atom is 0.255 e. The Morgan fingerprint density at radius 1 is 1.33 bits per heavy atom. The molecule has 1 amide bonds. The van der Waals surface area contributed by atoms with E-state index in [0.29, 0.717) is 30.2 Å². The molecule has 150 valence electrons. The van der Waals surface area contributed by atoms with Gasteiger partial charge < -0.3 is 15.6 Å². The van der Waals surface area contributed by atoms with Crippen LogP contribution in [0.4, 0.5) is 0 Å². The van der Waals surface area contributed by atoms with Crippen molar-refractivity contribution < 1.29 is 4.79 Å². The number of nitrogens with zero attached hydrogens (tertiary/aromatic N) is 3. The zero-order chi connectivity index (χ0) is 18.6. The Labute approximate surface area is 171 Å². The molecule has 2 heterocycles. The molecule has 3 N–H and O–H groups in total. The van der Waals surface area contributed by atoms with Crippen molar-refractivity contribution in [3.05, 3.63) is 46.1 Å². The van der Waals surface area contributed by atoms with Crippen molar-refractivity contribution in [1.29, 1.82) is 0 Å². The number of likely N-dealkylation sites (N-methyl/N-ethyl adjacent to an activating group) is 1. The summed E-state index contributed by atoms with van der Waals surface area (Å²) in [5.74, 6) is 0.315. The van der Waals surface area contributed by atoms with Crippen LogP contribution in [0.3, 0.4) is 0 Å². The zero-order valence-corrected chi connectivity index (χ0v) is 17.6. The number of amides is 1. The van der Waals surface area contributed by atoms with Gasteiger partial charge in [-0.25, -0.2) is 4.98 Å². The van der Waals surface area contributed by atoms with E-state index < -0.39 is 0 Å². The van der Waals surface area contributed by atoms with E-state index in [2.05, 4.69) is 15.0 Å². The average molecular weight is 416 g/mol. The first-order valence-electron chi connectivity index (χ1n) is 8.18. The summed E-state index contributed by atoms with van der Waals surface area (Å²) in [7, 11) is 1.72. The van der Waals surface area contributed by atoms with Crippen LogP contribution in [0.5, 0.6) is 0 Å². The van der Waals surface area contributed by atoms with E-state index in [0.717, 1.165) is 5.56 Å². The number of aromatic nitrogens is 3. The largest absolute Gasteiger partial charge is 0.345 e. The van der Waals surface area contributed by atoms with Gasteiger partial charge in [-0.05, 0) is 31.0 Å². The van der Waals surface area contributed by atoms with Gasteiger partial charge in [0.05, 0.1) is 6.42 Å². The van der Waals surface area contributed by atoms with Gasteiger partial charge >= 0.3 is 0 Å². The maximum absolute atomic E-state index is 12.5. The lowest BCUT2D eigenvalue weighted by Gasteiger charge is -2.29. The van der Waals surface area contributed by atoms with Gasteiger partial charge in [-0.3, -0.25) is 14.6 Å². The van der Waals surface area contributed by atoms with Crippen molar-refractivity contribution in [2.45, 2.75) is 27.2 Å². The molecule has 0 atom stereocenters. The number of hydrogen-bond donors (Lipinski definition) is 2. The lowest BCUT2D eigenvalue weighted by molar-refractivity contribution is -0.130. The minimum Gasteiger partial charge on any atom is -0.345 e. The number of carbonyl (C=O) groups excluding carboxylic acids is 1. The predicted octanol–water partition coefficient (Wildman–Crippen LogP) is 1.97. The molecule has 27 heavy (non-hydrogen) atoms. The van der Waals surface area contributed by atoms with E-state index in [1.807, 2.05) is 19.9 Å². The lowest BCUT2D eigenvalue weighted by Crippen LogP contribution is -2.41. The summed E-state index contributed by atoms with van der Waals surface area (Å²) in [5, 5.41) is 0. The minimum atomic E-state index is -0.300. The number of nitrogens with two attached hydrogens (primary N) is 1. The Morgan fingerprint density at radius 3 is 2.52 bits per heavy atom. The minimum absolute atomic E-state index is 0. The summed E-state index contributed by atoms with van der Waals surface area (Å²) >= 11 is 0. The molecule has 0 aliphatic heterocycles. The van der Waals surface area contributed by atoms with Crippen LogP contribution >= 0.6 is 24.8 Å². The molecule has 0 saturated carbocycles. The summed E-state index contributed by atoms with van der Waals surface area (Å²) < 4.78 is 0. The Hall–Kier alpha value is -1.96. The van der Waals surface area contributed by atoms with Gasteiger partial charge in [0, 0.05) is 42.8 Å². The Kier molecular flexibility index (Phi) is 9.64. The molecule has 0 spiro atoms. The van der Waals surface area contributed by atoms with E-state index in [9.17, 15) is 9.59 Å². The highest BCUT2D eigenvalue weighted by atomic mass is 35.5. The van der Waals surface area contributed by atoms with Crippen LogP contribution in [0.2, 0.25) is 0 Å². The third-order valence-electron chi connectivity index (χ3n) is 4.13. The topological polar surface area (TPSA) is 105 Å². The van der Waals surface area contributed by atoms with Gasteiger partial charge in [-0.15, -0.1) is 24.8 Å². The molecule has 0 radical (unpaired) electrons. The van der Waals surface area contributed by atoms with Crippen LogP contribution < -0.4 is 11.3 Å². The van der Waals surface area contributed by atoms with Crippen molar-refractivity contribution in [3.8, 4) is 11.4 Å². The number of pyridine rings is 1. The molecule has 0 aromatic carbocycles. The fourth-order valence-corrected chi connectivity index (χ4v) is 2.54. The molecular formula is C18H27Cl2N5O2. The monoisotopic (exact) mass is 415 g/mol. The lowest BCUT2D eigenvalue weighted by atomic mass is 9.93. The van der Waals surface area contributed by atoms with Gasteiger partial charge in [0.25, 0.3) is 5.56 Å². The van der Waals surface area contributed by atoms with Crippen molar-refractivity contribution >= 4 is 30.7 Å². The molecule has 2 aromatic rings. The summed E-state index contributed by atoms with van der Waals surface area (Å²) in [5.41, 5.74) is 6.90. The number of aromatic amines is 1. The van der Waals surface area contributed by atoms with E-state index in [-0.39, 0.29) is 48.1 Å². The van der Waals surface area contributed by atoms with Crippen molar-refractivity contribution in [1.82, 2.24) is 19.9 Å². The first-order chi connectivity index (χ1) is 11.7. The van der Waals surface area contributed by atoms with Crippen LogP contribution in [0.15, 0.2) is 29.3 Å². The first-order valence-corrected chi connectivity index (χ1v) is 8.18. The highest BCUT2D eigenvalue weighted by Gasteiger charge is 2.22. The number of carbonyl (C=O) groups is 1. The smallest absolute Gasteiger partial charge is 0.255 e. The second-order valence-electron chi connectivity index (χ2n) is 7.02. The van der Waals surface area contributed by atoms with Crippen LogP contribution in [0.1, 0.15) is 25.1 Å². The summed E-state index contributed by atoms with van der Waals surface area (Å²) in [6, 6.07) is 3.59. The number of aryl methyl sites for hydroxylation is 1. The van der Waals surface area contributed by atoms with Gasteiger partial charge in [0.2, 0.25) is 5.91 Å². The second-order valence-corrected chi connectivity index (χ2v) is 7.02. The standard InChI is InChI=1S/C18H25N5O2.2ClH/c1-12-14(8-15(24)23(4)11-18(2,3)10-19)17(25)22-16(21-12)13-6-5-7-20-9-13;;/h5-7,9H,8,10-11,19H2,1-4H3,(H,21,22,25);2*1H. The van der Waals surface area contributed by atoms with E-state index in [4.69, 9.17) is 5.73 Å². The van der Waals surface area contributed by atoms with Gasteiger partial charge in [-0.1, -0.05) is 13.8 Å².